The lowest BCUT2D eigenvalue weighted by atomic mass is 10.2. The molecule has 0 aromatic carbocycles. The lowest BCUT2D eigenvalue weighted by molar-refractivity contribution is -0.0763. The number of hydrogen-bond acceptors (Lipinski definition) is 5. The molecule has 2 aromatic heterocycles. The quantitative estimate of drug-likeness (QED) is 0.851. The normalized spacial score (nSPS) is 12.2. The van der Waals surface area contributed by atoms with Crippen molar-refractivity contribution < 1.29 is 9.57 Å². The first-order valence-corrected chi connectivity index (χ1v) is 6.28. The Morgan fingerprint density at radius 2 is 2.24 bits per heavy atom. The van der Waals surface area contributed by atoms with Crippen LogP contribution in [0.4, 0.5) is 0 Å². The van der Waals surface area contributed by atoms with E-state index < -0.39 is 0 Å². The number of rotatable bonds is 4. The zero-order valence-electron chi connectivity index (χ0n) is 10.5. The van der Waals surface area contributed by atoms with Gasteiger partial charge in [0.15, 0.2) is 4.96 Å². The summed E-state index contributed by atoms with van der Waals surface area (Å²) in [5.74, 6) is 0.641. The Kier molecular flexibility index (Phi) is 3.37. The van der Waals surface area contributed by atoms with Crippen molar-refractivity contribution in [2.24, 2.45) is 0 Å². The summed E-state index contributed by atoms with van der Waals surface area (Å²) < 4.78 is 7.25. The molecule has 5 nitrogen and oxygen atoms in total. The number of thiazole rings is 1. The van der Waals surface area contributed by atoms with Gasteiger partial charge in [-0.15, -0.1) is 11.3 Å². The molecule has 1 N–H and O–H groups in total. The van der Waals surface area contributed by atoms with E-state index in [0.717, 1.165) is 10.7 Å². The number of methoxy groups -OCH3 is 1. The average molecular weight is 255 g/mol. The molecule has 0 fully saturated rings. The van der Waals surface area contributed by atoms with Crippen molar-refractivity contribution in [2.75, 3.05) is 7.11 Å². The van der Waals surface area contributed by atoms with Gasteiger partial charge in [0.25, 0.3) is 0 Å². The third kappa shape index (κ3) is 2.77. The van der Waals surface area contributed by atoms with Crippen LogP contribution in [0, 0.1) is 0 Å². The van der Waals surface area contributed by atoms with Gasteiger partial charge in [0, 0.05) is 11.6 Å². The Morgan fingerprint density at radius 1 is 1.47 bits per heavy atom. The van der Waals surface area contributed by atoms with Gasteiger partial charge in [-0.2, -0.15) is 10.5 Å². The Balaban J connectivity index is 2.13. The van der Waals surface area contributed by atoms with Gasteiger partial charge in [-0.1, -0.05) is 0 Å². The number of hydroxylamine groups is 1. The fourth-order valence-electron chi connectivity index (χ4n) is 1.46. The van der Waals surface area contributed by atoms with Crippen molar-refractivity contribution in [1.82, 2.24) is 14.9 Å². The SMILES string of the molecule is COc1nc2sccn2c1CNOC(C)(C)C. The minimum absolute atomic E-state index is 0.217. The van der Waals surface area contributed by atoms with Crippen molar-refractivity contribution in [3.63, 3.8) is 0 Å². The summed E-state index contributed by atoms with van der Waals surface area (Å²) in [7, 11) is 1.63. The molecule has 0 spiro atoms. The van der Waals surface area contributed by atoms with Crippen LogP contribution >= 0.6 is 11.3 Å². The smallest absolute Gasteiger partial charge is 0.237 e. The van der Waals surface area contributed by atoms with E-state index in [0.29, 0.717) is 12.4 Å². The van der Waals surface area contributed by atoms with Crippen molar-refractivity contribution in [3.05, 3.63) is 17.3 Å². The summed E-state index contributed by atoms with van der Waals surface area (Å²) >= 11 is 1.58. The maximum atomic E-state index is 5.48. The molecule has 2 heterocycles. The van der Waals surface area contributed by atoms with E-state index in [1.165, 1.54) is 0 Å². The summed E-state index contributed by atoms with van der Waals surface area (Å²) in [5, 5.41) is 2.00. The summed E-state index contributed by atoms with van der Waals surface area (Å²) in [6.07, 6.45) is 1.98. The van der Waals surface area contributed by atoms with E-state index >= 15 is 0 Å². The second kappa shape index (κ2) is 4.64. The van der Waals surface area contributed by atoms with E-state index in [4.69, 9.17) is 9.57 Å². The molecule has 6 heteroatoms. The van der Waals surface area contributed by atoms with Crippen LogP contribution in [0.25, 0.3) is 4.96 Å². The molecule has 94 valence electrons. The van der Waals surface area contributed by atoms with Crippen LogP contribution in [0.5, 0.6) is 5.88 Å². The minimum atomic E-state index is -0.217. The van der Waals surface area contributed by atoms with Gasteiger partial charge in [0.05, 0.1) is 19.3 Å². The van der Waals surface area contributed by atoms with Crippen LogP contribution < -0.4 is 10.2 Å². The molecule has 0 saturated heterocycles. The number of nitrogens with zero attached hydrogens (tertiary/aromatic N) is 2. The summed E-state index contributed by atoms with van der Waals surface area (Å²) in [4.78, 5) is 10.8. The third-order valence-corrected chi connectivity index (χ3v) is 2.89. The maximum Gasteiger partial charge on any atom is 0.237 e. The topological polar surface area (TPSA) is 47.8 Å². The fourth-order valence-corrected chi connectivity index (χ4v) is 2.18. The molecule has 0 atom stereocenters. The highest BCUT2D eigenvalue weighted by Crippen LogP contribution is 2.22. The van der Waals surface area contributed by atoms with Crippen molar-refractivity contribution in [1.29, 1.82) is 0 Å². The van der Waals surface area contributed by atoms with Gasteiger partial charge in [-0.3, -0.25) is 9.24 Å². The molecule has 0 amide bonds. The molecule has 0 aliphatic carbocycles. The molecule has 0 saturated carbocycles. The van der Waals surface area contributed by atoms with E-state index in [1.807, 2.05) is 36.7 Å². The summed E-state index contributed by atoms with van der Waals surface area (Å²) in [6.45, 7) is 6.54. The van der Waals surface area contributed by atoms with Crippen LogP contribution in [0.1, 0.15) is 26.5 Å². The number of ether oxygens (including phenoxy) is 1. The summed E-state index contributed by atoms with van der Waals surface area (Å²) in [5.41, 5.74) is 3.70. The second-order valence-corrected chi connectivity index (χ2v) is 5.53. The molecule has 17 heavy (non-hydrogen) atoms. The summed E-state index contributed by atoms with van der Waals surface area (Å²) in [6, 6.07) is 0. The average Bonchev–Trinajstić information content (AvgIpc) is 2.77. The van der Waals surface area contributed by atoms with Crippen LogP contribution in [0.2, 0.25) is 0 Å². The van der Waals surface area contributed by atoms with Gasteiger partial charge < -0.3 is 4.74 Å². The highest BCUT2D eigenvalue weighted by Gasteiger charge is 2.15. The Labute approximate surface area is 104 Å². The largest absolute Gasteiger partial charge is 0.480 e. The Morgan fingerprint density at radius 3 is 2.88 bits per heavy atom. The van der Waals surface area contributed by atoms with Gasteiger partial charge in [-0.25, -0.2) is 0 Å². The minimum Gasteiger partial charge on any atom is -0.480 e. The molecular weight excluding hydrogens is 238 g/mol. The van der Waals surface area contributed by atoms with Crippen molar-refractivity contribution >= 4 is 16.3 Å². The first kappa shape index (κ1) is 12.3. The second-order valence-electron chi connectivity index (χ2n) is 4.66. The molecule has 2 aromatic rings. The molecule has 0 unspecified atom stereocenters. The molecular formula is C11H17N3O2S. The fraction of sp³-hybridized carbons (Fsp3) is 0.545. The van der Waals surface area contributed by atoms with Crippen molar-refractivity contribution in [3.8, 4) is 5.88 Å². The van der Waals surface area contributed by atoms with Gasteiger partial charge >= 0.3 is 0 Å². The Bertz CT molecular complexity index is 498. The van der Waals surface area contributed by atoms with E-state index in [-0.39, 0.29) is 5.60 Å². The molecule has 2 rings (SSSR count). The third-order valence-electron chi connectivity index (χ3n) is 2.14. The maximum absolute atomic E-state index is 5.48. The highest BCUT2D eigenvalue weighted by atomic mass is 32.1. The van der Waals surface area contributed by atoms with Crippen LogP contribution in [0.3, 0.4) is 0 Å². The van der Waals surface area contributed by atoms with E-state index in [2.05, 4.69) is 10.5 Å². The van der Waals surface area contributed by atoms with E-state index in [1.54, 1.807) is 18.4 Å². The standard InChI is InChI=1S/C11H17N3O2S/c1-11(2,3)16-12-7-8-9(15-4)13-10-14(8)5-6-17-10/h5-6,12H,7H2,1-4H3. The lowest BCUT2D eigenvalue weighted by Gasteiger charge is -2.19. The van der Waals surface area contributed by atoms with Gasteiger partial charge in [0.1, 0.15) is 5.69 Å². The highest BCUT2D eigenvalue weighted by molar-refractivity contribution is 7.15. The Hall–Kier alpha value is -1.11. The predicted octanol–water partition coefficient (Wildman–Crippen LogP) is 2.22. The monoisotopic (exact) mass is 255 g/mol. The zero-order valence-corrected chi connectivity index (χ0v) is 11.3. The van der Waals surface area contributed by atoms with Crippen LogP contribution in [0.15, 0.2) is 11.6 Å². The molecule has 0 radical (unpaired) electrons. The molecule has 0 bridgehead atoms. The first-order valence-electron chi connectivity index (χ1n) is 5.40. The number of nitrogens with one attached hydrogen (secondary N) is 1. The van der Waals surface area contributed by atoms with Crippen molar-refractivity contribution in [2.45, 2.75) is 32.9 Å². The number of hydrogen-bond donors (Lipinski definition) is 1. The van der Waals surface area contributed by atoms with Gasteiger partial charge in [-0.05, 0) is 20.8 Å². The number of imidazole rings is 1. The first-order chi connectivity index (χ1) is 8.01. The van der Waals surface area contributed by atoms with E-state index in [9.17, 15) is 0 Å². The van der Waals surface area contributed by atoms with Crippen LogP contribution in [-0.2, 0) is 11.4 Å². The van der Waals surface area contributed by atoms with Crippen LogP contribution in [-0.4, -0.2) is 22.1 Å². The number of fused-ring (bicyclic) bond motifs is 1. The molecule has 0 aliphatic rings. The molecule has 0 aliphatic heterocycles. The zero-order chi connectivity index (χ0) is 12.5. The van der Waals surface area contributed by atoms with Gasteiger partial charge in [0.2, 0.25) is 5.88 Å². The number of aromatic nitrogens is 2. The predicted molar refractivity (Wildman–Crippen MR) is 67.3 cm³/mol. The lowest BCUT2D eigenvalue weighted by Crippen LogP contribution is -2.29.